The fraction of sp³-hybridized carbons (Fsp3) is 0.0952. The number of carbonyl (C=O) groups is 1. The van der Waals surface area contributed by atoms with Crippen LogP contribution in [0.25, 0.3) is 21.3 Å². The third kappa shape index (κ3) is 4.19. The Hall–Kier alpha value is -2.67. The van der Waals surface area contributed by atoms with E-state index >= 15 is 0 Å². The molecule has 146 valence electrons. The van der Waals surface area contributed by atoms with Crippen LogP contribution in [0.5, 0.6) is 0 Å². The zero-order valence-corrected chi connectivity index (χ0v) is 17.4. The number of thiophene rings is 1. The highest BCUT2D eigenvalue weighted by Gasteiger charge is 2.15. The Bertz CT molecular complexity index is 1250. The maximum absolute atomic E-state index is 12.8. The highest BCUT2D eigenvalue weighted by Crippen LogP contribution is 2.28. The number of aromatic nitrogens is 2. The summed E-state index contributed by atoms with van der Waals surface area (Å²) in [6.45, 7) is 0.0438. The number of rotatable bonds is 5. The van der Waals surface area contributed by atoms with E-state index in [1.807, 2.05) is 29.6 Å². The predicted octanol–water partition coefficient (Wildman–Crippen LogP) is 4.75. The van der Waals surface area contributed by atoms with Gasteiger partial charge in [-0.05, 0) is 35.2 Å². The van der Waals surface area contributed by atoms with Crippen LogP contribution < -0.4 is 10.9 Å². The van der Waals surface area contributed by atoms with Crippen molar-refractivity contribution in [2.75, 3.05) is 0 Å². The number of carbonyl (C=O) groups excluding carboxylic acids is 1. The standard InChI is InChI=1S/C21H15Cl2N3O2S/c22-14-8-7-13(17(23)10-14)11-24-19(27)12-26-21(28)16-5-2-1-4-15(16)20(25-26)18-6-3-9-29-18/h1-10H,11-12H2,(H,24,27). The summed E-state index contributed by atoms with van der Waals surface area (Å²) >= 11 is 13.6. The number of nitrogens with zero attached hydrogens (tertiary/aromatic N) is 2. The molecule has 0 fully saturated rings. The fourth-order valence-electron chi connectivity index (χ4n) is 2.99. The van der Waals surface area contributed by atoms with E-state index in [-0.39, 0.29) is 24.6 Å². The molecule has 2 aromatic heterocycles. The summed E-state index contributed by atoms with van der Waals surface area (Å²) in [5.74, 6) is -0.335. The Morgan fingerprint density at radius 3 is 2.59 bits per heavy atom. The molecule has 4 rings (SSSR count). The molecule has 1 N–H and O–H groups in total. The number of nitrogens with one attached hydrogen (secondary N) is 1. The van der Waals surface area contributed by atoms with Gasteiger partial charge in [-0.15, -0.1) is 11.3 Å². The highest BCUT2D eigenvalue weighted by atomic mass is 35.5. The minimum atomic E-state index is -0.335. The average molecular weight is 444 g/mol. The Balaban J connectivity index is 1.61. The van der Waals surface area contributed by atoms with Gasteiger partial charge in [0, 0.05) is 22.0 Å². The van der Waals surface area contributed by atoms with Crippen LogP contribution in [-0.4, -0.2) is 15.7 Å². The molecule has 5 nitrogen and oxygen atoms in total. The van der Waals surface area contributed by atoms with Crippen LogP contribution >= 0.6 is 34.5 Å². The summed E-state index contributed by atoms with van der Waals surface area (Å²) in [4.78, 5) is 26.2. The van der Waals surface area contributed by atoms with Crippen molar-refractivity contribution in [3.05, 3.63) is 85.9 Å². The summed E-state index contributed by atoms with van der Waals surface area (Å²) in [6.07, 6.45) is 0. The van der Waals surface area contributed by atoms with E-state index < -0.39 is 0 Å². The minimum Gasteiger partial charge on any atom is -0.350 e. The predicted molar refractivity (Wildman–Crippen MR) is 118 cm³/mol. The van der Waals surface area contributed by atoms with Gasteiger partial charge in [0.15, 0.2) is 0 Å². The molecule has 0 aliphatic carbocycles. The molecular weight excluding hydrogens is 429 g/mol. The Morgan fingerprint density at radius 2 is 1.86 bits per heavy atom. The molecule has 0 aliphatic rings. The summed E-state index contributed by atoms with van der Waals surface area (Å²) in [5.41, 5.74) is 1.12. The van der Waals surface area contributed by atoms with Crippen LogP contribution in [0.4, 0.5) is 0 Å². The summed E-state index contributed by atoms with van der Waals surface area (Å²) in [6, 6.07) is 16.2. The van der Waals surface area contributed by atoms with Crippen LogP contribution in [-0.2, 0) is 17.9 Å². The topological polar surface area (TPSA) is 64.0 Å². The van der Waals surface area contributed by atoms with E-state index in [9.17, 15) is 9.59 Å². The van der Waals surface area contributed by atoms with E-state index in [2.05, 4.69) is 10.4 Å². The molecule has 0 unspecified atom stereocenters. The molecule has 0 radical (unpaired) electrons. The lowest BCUT2D eigenvalue weighted by molar-refractivity contribution is -0.122. The fourth-order valence-corrected chi connectivity index (χ4v) is 4.19. The third-order valence-corrected chi connectivity index (χ3v) is 5.87. The van der Waals surface area contributed by atoms with Gasteiger partial charge in [-0.25, -0.2) is 4.68 Å². The SMILES string of the molecule is O=C(Cn1nc(-c2cccs2)c2ccccc2c1=O)NCc1ccc(Cl)cc1Cl. The maximum atomic E-state index is 12.8. The Morgan fingerprint density at radius 1 is 1.07 bits per heavy atom. The number of halogens is 2. The van der Waals surface area contributed by atoms with Gasteiger partial charge in [-0.3, -0.25) is 9.59 Å². The molecule has 0 saturated heterocycles. The number of fused-ring (bicyclic) bond motifs is 1. The average Bonchev–Trinajstić information content (AvgIpc) is 3.24. The molecule has 8 heteroatoms. The molecule has 4 aromatic rings. The number of hydrogen-bond donors (Lipinski definition) is 1. The van der Waals surface area contributed by atoms with Crippen molar-refractivity contribution in [3.63, 3.8) is 0 Å². The first-order chi connectivity index (χ1) is 14.0. The Labute approximate surface area is 180 Å². The summed E-state index contributed by atoms with van der Waals surface area (Å²) in [7, 11) is 0. The monoisotopic (exact) mass is 443 g/mol. The van der Waals surface area contributed by atoms with Gasteiger partial charge in [0.25, 0.3) is 5.56 Å². The van der Waals surface area contributed by atoms with Crippen molar-refractivity contribution in [2.24, 2.45) is 0 Å². The number of benzene rings is 2. The van der Waals surface area contributed by atoms with E-state index in [4.69, 9.17) is 23.2 Å². The summed E-state index contributed by atoms with van der Waals surface area (Å²) in [5, 5.41) is 11.5. The van der Waals surface area contributed by atoms with Crippen molar-refractivity contribution in [1.29, 1.82) is 0 Å². The number of hydrogen-bond acceptors (Lipinski definition) is 4. The van der Waals surface area contributed by atoms with Gasteiger partial charge in [0.2, 0.25) is 5.91 Å². The lowest BCUT2D eigenvalue weighted by atomic mass is 10.1. The molecule has 0 spiro atoms. The molecule has 0 atom stereocenters. The lowest BCUT2D eigenvalue weighted by Gasteiger charge is -2.11. The molecule has 2 aromatic carbocycles. The van der Waals surface area contributed by atoms with Crippen molar-refractivity contribution in [3.8, 4) is 10.6 Å². The first-order valence-electron chi connectivity index (χ1n) is 8.77. The second-order valence-corrected chi connectivity index (χ2v) is 8.14. The van der Waals surface area contributed by atoms with Crippen LogP contribution in [0, 0.1) is 0 Å². The van der Waals surface area contributed by atoms with Gasteiger partial charge >= 0.3 is 0 Å². The van der Waals surface area contributed by atoms with E-state index in [0.29, 0.717) is 21.1 Å². The Kier molecular flexibility index (Phi) is 5.67. The molecule has 2 heterocycles. The van der Waals surface area contributed by atoms with Gasteiger partial charge < -0.3 is 5.32 Å². The molecule has 1 amide bonds. The number of amides is 1. The molecule has 0 bridgehead atoms. The highest BCUT2D eigenvalue weighted by molar-refractivity contribution is 7.13. The van der Waals surface area contributed by atoms with Gasteiger partial charge in [-0.2, -0.15) is 5.10 Å². The smallest absolute Gasteiger partial charge is 0.275 e. The van der Waals surface area contributed by atoms with Crippen molar-refractivity contribution < 1.29 is 4.79 Å². The molecular formula is C21H15Cl2N3O2S. The lowest BCUT2D eigenvalue weighted by Crippen LogP contribution is -2.33. The van der Waals surface area contributed by atoms with Crippen molar-refractivity contribution >= 4 is 51.2 Å². The quantitative estimate of drug-likeness (QED) is 0.483. The second kappa shape index (κ2) is 8.37. The van der Waals surface area contributed by atoms with Crippen LogP contribution in [0.3, 0.4) is 0 Å². The molecule has 0 saturated carbocycles. The van der Waals surface area contributed by atoms with Crippen molar-refractivity contribution in [2.45, 2.75) is 13.1 Å². The van der Waals surface area contributed by atoms with E-state index in [0.717, 1.165) is 15.8 Å². The third-order valence-electron chi connectivity index (χ3n) is 4.41. The van der Waals surface area contributed by atoms with E-state index in [1.165, 1.54) is 16.0 Å². The van der Waals surface area contributed by atoms with Crippen LogP contribution in [0.1, 0.15) is 5.56 Å². The second-order valence-electron chi connectivity index (χ2n) is 6.35. The van der Waals surface area contributed by atoms with Crippen LogP contribution in [0.2, 0.25) is 10.0 Å². The normalized spacial score (nSPS) is 11.0. The zero-order valence-electron chi connectivity index (χ0n) is 15.1. The van der Waals surface area contributed by atoms with Gasteiger partial charge in [0.05, 0.1) is 10.3 Å². The zero-order chi connectivity index (χ0) is 20.4. The minimum absolute atomic E-state index is 0.187. The van der Waals surface area contributed by atoms with Gasteiger partial charge in [-0.1, -0.05) is 53.5 Å². The largest absolute Gasteiger partial charge is 0.350 e. The van der Waals surface area contributed by atoms with Crippen molar-refractivity contribution in [1.82, 2.24) is 15.1 Å². The maximum Gasteiger partial charge on any atom is 0.275 e. The summed E-state index contributed by atoms with van der Waals surface area (Å²) < 4.78 is 1.20. The van der Waals surface area contributed by atoms with Crippen LogP contribution in [0.15, 0.2) is 64.8 Å². The molecule has 0 aliphatic heterocycles. The van der Waals surface area contributed by atoms with E-state index in [1.54, 1.807) is 30.3 Å². The van der Waals surface area contributed by atoms with Gasteiger partial charge in [0.1, 0.15) is 12.2 Å². The first kappa shape index (κ1) is 19.6. The first-order valence-corrected chi connectivity index (χ1v) is 10.4. The molecule has 29 heavy (non-hydrogen) atoms.